The maximum atomic E-state index is 12.3. The first-order valence-corrected chi connectivity index (χ1v) is 6.63. The van der Waals surface area contributed by atoms with E-state index in [0.29, 0.717) is 12.2 Å². The average Bonchev–Trinajstić information content (AvgIpc) is 2.61. The predicted octanol–water partition coefficient (Wildman–Crippen LogP) is 3.33. The number of hydrogen-bond donors (Lipinski definition) is 0. The molecular weight excluding hydrogens is 224 g/mol. The van der Waals surface area contributed by atoms with E-state index in [9.17, 15) is 4.79 Å². The van der Waals surface area contributed by atoms with Gasteiger partial charge in [-0.2, -0.15) is 0 Å². The minimum Gasteiger partial charge on any atom is -0.496 e. The molecular formula is C16H18O2. The fourth-order valence-corrected chi connectivity index (χ4v) is 3.44. The number of ketones is 1. The molecule has 0 amide bonds. The van der Waals surface area contributed by atoms with Crippen molar-refractivity contribution in [1.82, 2.24) is 0 Å². The zero-order valence-electron chi connectivity index (χ0n) is 10.7. The van der Waals surface area contributed by atoms with Crippen LogP contribution in [0.3, 0.4) is 0 Å². The van der Waals surface area contributed by atoms with Gasteiger partial charge < -0.3 is 4.74 Å². The molecule has 0 aromatic carbocycles. The van der Waals surface area contributed by atoms with Crippen molar-refractivity contribution in [1.29, 1.82) is 0 Å². The van der Waals surface area contributed by atoms with Crippen molar-refractivity contribution in [2.24, 2.45) is 11.3 Å². The zero-order valence-corrected chi connectivity index (χ0v) is 10.7. The Labute approximate surface area is 108 Å². The number of ether oxygens (including phenoxy) is 1. The Hall–Kier alpha value is -1.57. The lowest BCUT2D eigenvalue weighted by molar-refractivity contribution is -0.124. The molecule has 3 aliphatic carbocycles. The minimum absolute atomic E-state index is 0.0892. The molecule has 2 heteroatoms. The highest BCUT2D eigenvalue weighted by Crippen LogP contribution is 2.51. The fraction of sp³-hybridized carbons (Fsp3) is 0.438. The van der Waals surface area contributed by atoms with E-state index >= 15 is 0 Å². The SMILES string of the molecule is COC1=CC=CC23C=CCCCC2C(=O)CC=C13. The van der Waals surface area contributed by atoms with E-state index in [1.807, 2.05) is 18.2 Å². The van der Waals surface area contributed by atoms with Gasteiger partial charge in [0.05, 0.1) is 7.11 Å². The van der Waals surface area contributed by atoms with Gasteiger partial charge in [-0.1, -0.05) is 30.4 Å². The summed E-state index contributed by atoms with van der Waals surface area (Å²) in [7, 11) is 1.70. The molecule has 0 saturated carbocycles. The number of methoxy groups -OCH3 is 1. The molecule has 1 spiro atoms. The van der Waals surface area contributed by atoms with Gasteiger partial charge in [0, 0.05) is 23.3 Å². The van der Waals surface area contributed by atoms with Crippen LogP contribution in [0, 0.1) is 11.3 Å². The molecule has 3 aliphatic rings. The Kier molecular flexibility index (Phi) is 2.73. The highest BCUT2D eigenvalue weighted by molar-refractivity contribution is 5.87. The Balaban J connectivity index is 2.16. The van der Waals surface area contributed by atoms with Crippen LogP contribution in [0.5, 0.6) is 0 Å². The van der Waals surface area contributed by atoms with Gasteiger partial charge in [0.1, 0.15) is 11.5 Å². The maximum Gasteiger partial charge on any atom is 0.141 e. The van der Waals surface area contributed by atoms with Crippen molar-refractivity contribution in [3.63, 3.8) is 0 Å². The van der Waals surface area contributed by atoms with Gasteiger partial charge in [-0.25, -0.2) is 0 Å². The Morgan fingerprint density at radius 3 is 3.11 bits per heavy atom. The molecule has 2 atom stereocenters. The van der Waals surface area contributed by atoms with Crippen molar-refractivity contribution in [2.45, 2.75) is 25.7 Å². The summed E-state index contributed by atoms with van der Waals surface area (Å²) < 4.78 is 5.48. The normalized spacial score (nSPS) is 34.1. The van der Waals surface area contributed by atoms with E-state index in [-0.39, 0.29) is 11.3 Å². The third-order valence-electron chi connectivity index (χ3n) is 4.30. The molecule has 0 radical (unpaired) electrons. The van der Waals surface area contributed by atoms with Crippen LogP contribution >= 0.6 is 0 Å². The molecule has 0 aromatic rings. The van der Waals surface area contributed by atoms with E-state index in [1.54, 1.807) is 7.11 Å². The molecule has 0 N–H and O–H groups in total. The summed E-state index contributed by atoms with van der Waals surface area (Å²) in [6.45, 7) is 0. The van der Waals surface area contributed by atoms with Crippen molar-refractivity contribution < 1.29 is 9.53 Å². The third-order valence-corrected chi connectivity index (χ3v) is 4.30. The van der Waals surface area contributed by atoms with Crippen LogP contribution in [0.4, 0.5) is 0 Å². The standard InChI is InChI=1S/C16H18O2/c1-18-15-7-5-11-16-10-4-2-3-6-12(16)14(17)9-8-13(15)16/h4-5,7-8,10-12H,2-3,6,9H2,1H3. The second-order valence-electron chi connectivity index (χ2n) is 5.20. The first-order valence-electron chi connectivity index (χ1n) is 6.63. The van der Waals surface area contributed by atoms with Gasteiger partial charge in [-0.05, 0) is 25.3 Å². The lowest BCUT2D eigenvalue weighted by atomic mass is 9.61. The summed E-state index contributed by atoms with van der Waals surface area (Å²) >= 11 is 0. The number of carbonyl (C=O) groups is 1. The fourth-order valence-electron chi connectivity index (χ4n) is 3.44. The summed E-state index contributed by atoms with van der Waals surface area (Å²) in [5.41, 5.74) is 0.932. The van der Waals surface area contributed by atoms with Crippen LogP contribution in [-0.2, 0) is 9.53 Å². The maximum absolute atomic E-state index is 12.3. The summed E-state index contributed by atoms with van der Waals surface area (Å²) in [5, 5.41) is 0. The van der Waals surface area contributed by atoms with Crippen molar-refractivity contribution >= 4 is 5.78 Å². The third kappa shape index (κ3) is 1.52. The zero-order chi connectivity index (χ0) is 12.6. The number of Topliss-reactive ketones (excluding diaryl/α,β-unsaturated/α-hetero) is 1. The molecule has 0 aliphatic heterocycles. The minimum atomic E-state index is -0.244. The first kappa shape index (κ1) is 11.5. The number of hydrogen-bond acceptors (Lipinski definition) is 2. The van der Waals surface area contributed by atoms with Gasteiger partial charge in [0.2, 0.25) is 0 Å². The van der Waals surface area contributed by atoms with Crippen molar-refractivity contribution in [2.75, 3.05) is 7.11 Å². The second-order valence-corrected chi connectivity index (χ2v) is 5.20. The number of carbonyl (C=O) groups excluding carboxylic acids is 1. The van der Waals surface area contributed by atoms with Crippen molar-refractivity contribution in [3.05, 3.63) is 47.8 Å². The average molecular weight is 242 g/mol. The van der Waals surface area contributed by atoms with E-state index in [2.05, 4.69) is 18.2 Å². The molecule has 2 nitrogen and oxygen atoms in total. The van der Waals surface area contributed by atoms with Crippen LogP contribution in [0.15, 0.2) is 47.8 Å². The van der Waals surface area contributed by atoms with Crippen LogP contribution in [-0.4, -0.2) is 12.9 Å². The van der Waals surface area contributed by atoms with E-state index in [0.717, 1.165) is 25.0 Å². The molecule has 18 heavy (non-hydrogen) atoms. The van der Waals surface area contributed by atoms with Gasteiger partial charge in [0.25, 0.3) is 0 Å². The molecule has 0 bridgehead atoms. The predicted molar refractivity (Wildman–Crippen MR) is 70.9 cm³/mol. The molecule has 0 heterocycles. The molecule has 3 rings (SSSR count). The first-order chi connectivity index (χ1) is 8.78. The smallest absolute Gasteiger partial charge is 0.141 e. The Morgan fingerprint density at radius 1 is 1.39 bits per heavy atom. The van der Waals surface area contributed by atoms with Crippen LogP contribution in [0.2, 0.25) is 0 Å². The molecule has 0 fully saturated rings. The molecule has 0 saturated heterocycles. The second kappa shape index (κ2) is 4.27. The van der Waals surface area contributed by atoms with Gasteiger partial charge >= 0.3 is 0 Å². The lowest BCUT2D eigenvalue weighted by Gasteiger charge is -2.41. The van der Waals surface area contributed by atoms with Crippen LogP contribution in [0.25, 0.3) is 0 Å². The Bertz CT molecular complexity index is 493. The van der Waals surface area contributed by atoms with E-state index in [4.69, 9.17) is 4.74 Å². The molecule has 0 aromatic heterocycles. The van der Waals surface area contributed by atoms with E-state index < -0.39 is 0 Å². The summed E-state index contributed by atoms with van der Waals surface area (Å²) in [5.74, 6) is 1.36. The monoisotopic (exact) mass is 242 g/mol. The quantitative estimate of drug-likeness (QED) is 0.659. The molecule has 2 unspecified atom stereocenters. The van der Waals surface area contributed by atoms with Gasteiger partial charge in [0.15, 0.2) is 0 Å². The lowest BCUT2D eigenvalue weighted by Crippen LogP contribution is -2.38. The number of rotatable bonds is 1. The van der Waals surface area contributed by atoms with Crippen LogP contribution < -0.4 is 0 Å². The largest absolute Gasteiger partial charge is 0.496 e. The molecule has 94 valence electrons. The summed E-state index contributed by atoms with van der Waals surface area (Å²) in [6, 6.07) is 0. The van der Waals surface area contributed by atoms with Crippen LogP contribution in [0.1, 0.15) is 25.7 Å². The summed E-state index contributed by atoms with van der Waals surface area (Å²) in [6.07, 6.45) is 16.4. The van der Waals surface area contributed by atoms with Crippen molar-refractivity contribution in [3.8, 4) is 0 Å². The highest BCUT2D eigenvalue weighted by Gasteiger charge is 2.46. The Morgan fingerprint density at radius 2 is 2.28 bits per heavy atom. The van der Waals surface area contributed by atoms with Gasteiger partial charge in [-0.15, -0.1) is 0 Å². The summed E-state index contributed by atoms with van der Waals surface area (Å²) in [4.78, 5) is 12.3. The number of allylic oxidation sites excluding steroid dienone is 7. The van der Waals surface area contributed by atoms with Gasteiger partial charge in [-0.3, -0.25) is 4.79 Å². The highest BCUT2D eigenvalue weighted by atomic mass is 16.5. The topological polar surface area (TPSA) is 26.3 Å². The van der Waals surface area contributed by atoms with E-state index in [1.165, 1.54) is 5.57 Å².